The van der Waals surface area contributed by atoms with Gasteiger partial charge in [-0.15, -0.1) is 0 Å². The van der Waals surface area contributed by atoms with Crippen LogP contribution in [-0.2, 0) is 38.5 Å². The number of rotatable bonds is 27. The lowest BCUT2D eigenvalue weighted by molar-refractivity contribution is -0.345. The molecule has 0 aliphatic carbocycles. The molecular formula is C49H78N2. The van der Waals surface area contributed by atoms with Gasteiger partial charge in [-0.1, -0.05) is 132 Å². The molecule has 2 aromatic rings. The predicted molar refractivity (Wildman–Crippen MR) is 226 cm³/mol. The van der Waals surface area contributed by atoms with Gasteiger partial charge >= 0.3 is 0 Å². The van der Waals surface area contributed by atoms with Crippen LogP contribution in [-0.4, -0.2) is 4.70 Å². The van der Waals surface area contributed by atoms with Crippen molar-refractivity contribution < 1.29 is 4.70 Å². The summed E-state index contributed by atoms with van der Waals surface area (Å²) < 4.78 is 1.70. The smallest absolute Gasteiger partial charge is 0.211 e. The Morgan fingerprint density at radius 1 is 0.353 bits per heavy atom. The van der Waals surface area contributed by atoms with E-state index in [-0.39, 0.29) is 0 Å². The van der Waals surface area contributed by atoms with Crippen molar-refractivity contribution in [2.75, 3.05) is 0 Å². The lowest BCUT2D eigenvalue weighted by atomic mass is 9.86. The second kappa shape index (κ2) is 24.0. The van der Waals surface area contributed by atoms with Gasteiger partial charge in [0, 0.05) is 22.3 Å². The summed E-state index contributed by atoms with van der Waals surface area (Å²) in [5, 5.41) is 0. The molecule has 1 aliphatic rings. The fourth-order valence-electron chi connectivity index (χ4n) is 8.56. The fourth-order valence-corrected chi connectivity index (χ4v) is 8.56. The SMILES string of the molecule is CCCCCC1=C(c2cc(CCC)c(CCC)c(CCC)c2)[N+](=[N-])C(c2cc(CCCCC)c(CCCCC)c(CCCCC)c2)=C1CCCC. The molecule has 0 fully saturated rings. The first-order valence-corrected chi connectivity index (χ1v) is 22.2. The van der Waals surface area contributed by atoms with Crippen molar-refractivity contribution in [3.8, 4) is 0 Å². The van der Waals surface area contributed by atoms with Gasteiger partial charge in [0.1, 0.15) is 0 Å². The highest BCUT2D eigenvalue weighted by atomic mass is 15.2. The van der Waals surface area contributed by atoms with Crippen LogP contribution >= 0.6 is 0 Å². The third kappa shape index (κ3) is 12.0. The standard InChI is InChI=1S/C49H78N2/c1-9-17-22-29-40-36-43(37-41(30-23-18-10-2)45(40)32-24-19-11-3)48-46(31-21-13-5)47(33-25-20-12-4)49(51(48)50)42-34-38(26-14-6)44(28-16-8)39(35-42)27-15-7/h34-37H,9-33H2,1-8H3. The molecule has 1 aliphatic heterocycles. The van der Waals surface area contributed by atoms with Gasteiger partial charge in [0.25, 0.3) is 0 Å². The molecule has 0 amide bonds. The third-order valence-corrected chi connectivity index (χ3v) is 11.3. The number of allylic oxidation sites excluding steroid dienone is 2. The van der Waals surface area contributed by atoms with Crippen molar-refractivity contribution >= 4 is 11.4 Å². The first-order chi connectivity index (χ1) is 24.9. The predicted octanol–water partition coefficient (Wildman–Crippen LogP) is 15.7. The van der Waals surface area contributed by atoms with Gasteiger partial charge in [0.05, 0.1) is 0 Å². The zero-order valence-electron chi connectivity index (χ0n) is 34.9. The molecule has 0 atom stereocenters. The summed E-state index contributed by atoms with van der Waals surface area (Å²) in [6.45, 7) is 18.5. The number of hydrogen-bond acceptors (Lipinski definition) is 0. The van der Waals surface area contributed by atoms with Gasteiger partial charge in [0.15, 0.2) is 0 Å². The molecule has 0 N–H and O–H groups in total. The van der Waals surface area contributed by atoms with Crippen LogP contribution in [0, 0.1) is 0 Å². The molecular weight excluding hydrogens is 617 g/mol. The van der Waals surface area contributed by atoms with E-state index in [4.69, 9.17) is 0 Å². The fraction of sp³-hybridized carbons (Fsp3) is 0.673. The Hall–Kier alpha value is -2.48. The van der Waals surface area contributed by atoms with E-state index in [0.29, 0.717) is 0 Å². The van der Waals surface area contributed by atoms with Crippen molar-refractivity contribution in [3.05, 3.63) is 85.5 Å². The first kappa shape index (κ1) is 42.9. The Morgan fingerprint density at radius 2 is 0.686 bits per heavy atom. The Balaban J connectivity index is 2.34. The Labute approximate surface area is 316 Å². The molecule has 0 unspecified atom stereocenters. The zero-order valence-corrected chi connectivity index (χ0v) is 34.9. The molecule has 2 aromatic carbocycles. The summed E-state index contributed by atoms with van der Waals surface area (Å²) in [5.74, 6) is 0. The first-order valence-electron chi connectivity index (χ1n) is 22.2. The number of hydrogen-bond donors (Lipinski definition) is 0. The Kier molecular flexibility index (Phi) is 20.2. The Morgan fingerprint density at radius 3 is 1.08 bits per heavy atom. The van der Waals surface area contributed by atoms with E-state index >= 15 is 0 Å². The van der Waals surface area contributed by atoms with Gasteiger partial charge in [0.2, 0.25) is 11.4 Å². The topological polar surface area (TPSA) is 25.3 Å². The van der Waals surface area contributed by atoms with Crippen LogP contribution in [0.4, 0.5) is 0 Å². The van der Waals surface area contributed by atoms with Gasteiger partial charge in [-0.25, -0.2) is 4.70 Å². The molecule has 0 aromatic heterocycles. The van der Waals surface area contributed by atoms with E-state index in [0.717, 1.165) is 82.0 Å². The molecule has 284 valence electrons. The van der Waals surface area contributed by atoms with E-state index in [1.165, 1.54) is 123 Å². The molecule has 0 bridgehead atoms. The second-order valence-corrected chi connectivity index (χ2v) is 15.7. The monoisotopic (exact) mass is 695 g/mol. The highest BCUT2D eigenvalue weighted by Gasteiger charge is 2.36. The maximum absolute atomic E-state index is 12.7. The lowest BCUT2D eigenvalue weighted by Crippen LogP contribution is -2.09. The molecule has 2 heteroatoms. The van der Waals surface area contributed by atoms with E-state index in [9.17, 15) is 5.53 Å². The second-order valence-electron chi connectivity index (χ2n) is 15.7. The molecule has 2 nitrogen and oxygen atoms in total. The minimum absolute atomic E-state index is 1.03. The summed E-state index contributed by atoms with van der Waals surface area (Å²) in [7, 11) is 0. The lowest BCUT2D eigenvalue weighted by Gasteiger charge is -2.20. The third-order valence-electron chi connectivity index (χ3n) is 11.3. The summed E-state index contributed by atoms with van der Waals surface area (Å²) >= 11 is 0. The number of nitrogens with zero attached hydrogens (tertiary/aromatic N) is 2. The van der Waals surface area contributed by atoms with Gasteiger partial charge in [-0.3, -0.25) is 0 Å². The highest BCUT2D eigenvalue weighted by molar-refractivity contribution is 5.83. The zero-order chi connectivity index (χ0) is 37.0. The average molecular weight is 695 g/mol. The van der Waals surface area contributed by atoms with Crippen LogP contribution in [0.3, 0.4) is 0 Å². The molecule has 0 spiro atoms. The van der Waals surface area contributed by atoms with Crippen LogP contribution in [0.15, 0.2) is 35.4 Å². The van der Waals surface area contributed by atoms with Crippen molar-refractivity contribution in [3.63, 3.8) is 0 Å². The minimum Gasteiger partial charge on any atom is -0.493 e. The van der Waals surface area contributed by atoms with Crippen molar-refractivity contribution in [2.24, 2.45) is 0 Å². The highest BCUT2D eigenvalue weighted by Crippen LogP contribution is 2.46. The summed E-state index contributed by atoms with van der Waals surface area (Å²) in [6.07, 6.45) is 29.7. The van der Waals surface area contributed by atoms with Crippen molar-refractivity contribution in [1.29, 1.82) is 0 Å². The summed E-state index contributed by atoms with van der Waals surface area (Å²) in [6, 6.07) is 10.0. The minimum atomic E-state index is 1.03. The summed E-state index contributed by atoms with van der Waals surface area (Å²) in [4.78, 5) is 0. The van der Waals surface area contributed by atoms with E-state index < -0.39 is 0 Å². The molecule has 0 saturated heterocycles. The van der Waals surface area contributed by atoms with E-state index in [1.807, 2.05) is 0 Å². The summed E-state index contributed by atoms with van der Waals surface area (Å²) in [5.41, 5.74) is 29.6. The molecule has 51 heavy (non-hydrogen) atoms. The molecule has 3 rings (SSSR count). The van der Waals surface area contributed by atoms with E-state index in [2.05, 4.69) is 79.7 Å². The number of benzene rings is 2. The van der Waals surface area contributed by atoms with Crippen molar-refractivity contribution in [1.82, 2.24) is 0 Å². The maximum atomic E-state index is 12.7. The van der Waals surface area contributed by atoms with Gasteiger partial charge < -0.3 is 5.53 Å². The Bertz CT molecular complexity index is 1360. The van der Waals surface area contributed by atoms with Crippen LogP contribution in [0.2, 0.25) is 0 Å². The van der Waals surface area contributed by atoms with Crippen LogP contribution in [0.1, 0.15) is 222 Å². The van der Waals surface area contributed by atoms with Crippen LogP contribution in [0.25, 0.3) is 16.9 Å². The maximum Gasteiger partial charge on any atom is 0.211 e. The molecule has 0 radical (unpaired) electrons. The molecule has 0 saturated carbocycles. The van der Waals surface area contributed by atoms with E-state index in [1.54, 1.807) is 27.0 Å². The number of aryl methyl sites for hydroxylation is 4. The largest absolute Gasteiger partial charge is 0.493 e. The van der Waals surface area contributed by atoms with Gasteiger partial charge in [-0.2, -0.15) is 0 Å². The van der Waals surface area contributed by atoms with Crippen LogP contribution < -0.4 is 0 Å². The average Bonchev–Trinajstić information content (AvgIpc) is 3.40. The van der Waals surface area contributed by atoms with Crippen molar-refractivity contribution in [2.45, 2.75) is 216 Å². The number of unbranched alkanes of at least 4 members (excludes halogenated alkanes) is 9. The normalized spacial score (nSPS) is 13.4. The van der Waals surface area contributed by atoms with Gasteiger partial charge in [-0.05, 0) is 141 Å². The van der Waals surface area contributed by atoms with Crippen LogP contribution in [0.5, 0.6) is 0 Å². The molecule has 1 heterocycles. The quantitative estimate of drug-likeness (QED) is 0.0657.